The summed E-state index contributed by atoms with van der Waals surface area (Å²) in [5, 5.41) is 12.9. The van der Waals surface area contributed by atoms with Gasteiger partial charge in [0.15, 0.2) is 0 Å². The van der Waals surface area contributed by atoms with E-state index in [0.29, 0.717) is 6.61 Å². The normalized spacial score (nSPS) is 18.6. The zero-order chi connectivity index (χ0) is 12.8. The molecule has 0 aliphatic carbocycles. The van der Waals surface area contributed by atoms with E-state index >= 15 is 0 Å². The molecule has 1 saturated heterocycles. The maximum absolute atomic E-state index is 9.61. The van der Waals surface area contributed by atoms with Gasteiger partial charge < -0.3 is 15.2 Å². The number of hydrogen-bond acceptors (Lipinski definition) is 4. The molecule has 1 unspecified atom stereocenters. The second kappa shape index (κ2) is 6.73. The van der Waals surface area contributed by atoms with Gasteiger partial charge in [-0.25, -0.2) is 0 Å². The Bertz CT molecular complexity index is 347. The number of benzene rings is 1. The van der Waals surface area contributed by atoms with Crippen LogP contribution in [0.4, 0.5) is 0 Å². The van der Waals surface area contributed by atoms with Gasteiger partial charge in [-0.05, 0) is 24.6 Å². The Balaban J connectivity index is 2.06. The highest BCUT2D eigenvalue weighted by Gasteiger charge is 2.21. The van der Waals surface area contributed by atoms with Crippen LogP contribution in [0.15, 0.2) is 24.3 Å². The molecule has 0 radical (unpaired) electrons. The fourth-order valence-corrected chi connectivity index (χ4v) is 2.38. The standard InChI is InChI=1S/C14H22N2O2/c1-2-18-13-5-3-12(4-6-13)14(11-17)16-9-7-15-8-10-16/h3-6,14-15,17H,2,7-11H2,1H3. The van der Waals surface area contributed by atoms with Gasteiger partial charge in [0.05, 0.1) is 19.3 Å². The molecule has 1 aliphatic heterocycles. The molecule has 0 bridgehead atoms. The molecule has 0 amide bonds. The zero-order valence-electron chi connectivity index (χ0n) is 10.9. The van der Waals surface area contributed by atoms with Crippen LogP contribution in [0.3, 0.4) is 0 Å². The molecule has 1 heterocycles. The van der Waals surface area contributed by atoms with Crippen molar-refractivity contribution in [3.05, 3.63) is 29.8 Å². The van der Waals surface area contributed by atoms with E-state index in [1.807, 2.05) is 31.2 Å². The monoisotopic (exact) mass is 250 g/mol. The fraction of sp³-hybridized carbons (Fsp3) is 0.571. The van der Waals surface area contributed by atoms with Crippen LogP contribution >= 0.6 is 0 Å². The Morgan fingerprint density at radius 1 is 1.28 bits per heavy atom. The van der Waals surface area contributed by atoms with Crippen LogP contribution in [0, 0.1) is 0 Å². The number of nitrogens with one attached hydrogen (secondary N) is 1. The molecular weight excluding hydrogens is 228 g/mol. The SMILES string of the molecule is CCOc1ccc(C(CO)N2CCNCC2)cc1. The molecule has 4 nitrogen and oxygen atoms in total. The summed E-state index contributed by atoms with van der Waals surface area (Å²) in [5.41, 5.74) is 1.16. The predicted octanol–water partition coefficient (Wildman–Crippen LogP) is 1.02. The Labute approximate surface area is 109 Å². The minimum Gasteiger partial charge on any atom is -0.494 e. The Morgan fingerprint density at radius 2 is 1.94 bits per heavy atom. The summed E-state index contributed by atoms with van der Waals surface area (Å²) in [6.45, 7) is 6.78. The van der Waals surface area contributed by atoms with Gasteiger partial charge in [0, 0.05) is 26.2 Å². The van der Waals surface area contributed by atoms with Crippen LogP contribution in [0.25, 0.3) is 0 Å². The molecule has 0 saturated carbocycles. The summed E-state index contributed by atoms with van der Waals surface area (Å²) >= 11 is 0. The second-order valence-corrected chi connectivity index (χ2v) is 4.49. The molecule has 0 aromatic heterocycles. The van der Waals surface area contributed by atoms with Crippen molar-refractivity contribution in [2.45, 2.75) is 13.0 Å². The summed E-state index contributed by atoms with van der Waals surface area (Å²) in [6, 6.07) is 8.15. The van der Waals surface area contributed by atoms with Crippen LogP contribution in [-0.4, -0.2) is 49.4 Å². The average Bonchev–Trinajstić information content (AvgIpc) is 2.43. The van der Waals surface area contributed by atoms with E-state index in [0.717, 1.165) is 37.5 Å². The third kappa shape index (κ3) is 3.22. The molecule has 2 rings (SSSR count). The van der Waals surface area contributed by atoms with E-state index in [4.69, 9.17) is 4.74 Å². The Morgan fingerprint density at radius 3 is 2.50 bits per heavy atom. The van der Waals surface area contributed by atoms with Crippen molar-refractivity contribution in [1.82, 2.24) is 10.2 Å². The third-order valence-corrected chi connectivity index (χ3v) is 3.34. The van der Waals surface area contributed by atoms with Gasteiger partial charge in [-0.3, -0.25) is 4.90 Å². The summed E-state index contributed by atoms with van der Waals surface area (Å²) in [6.07, 6.45) is 0. The second-order valence-electron chi connectivity index (χ2n) is 4.49. The Hall–Kier alpha value is -1.10. The van der Waals surface area contributed by atoms with Gasteiger partial charge in [0.1, 0.15) is 5.75 Å². The summed E-state index contributed by atoms with van der Waals surface area (Å²) in [5.74, 6) is 0.887. The first-order valence-electron chi connectivity index (χ1n) is 6.63. The lowest BCUT2D eigenvalue weighted by atomic mass is 10.1. The first-order valence-corrected chi connectivity index (χ1v) is 6.63. The number of aliphatic hydroxyl groups excluding tert-OH is 1. The van der Waals surface area contributed by atoms with Gasteiger partial charge in [0.2, 0.25) is 0 Å². The average molecular weight is 250 g/mol. The zero-order valence-corrected chi connectivity index (χ0v) is 10.9. The molecule has 1 atom stereocenters. The van der Waals surface area contributed by atoms with E-state index in [2.05, 4.69) is 10.2 Å². The molecule has 4 heteroatoms. The van der Waals surface area contributed by atoms with Crippen LogP contribution in [0.1, 0.15) is 18.5 Å². The van der Waals surface area contributed by atoms with Crippen molar-refractivity contribution in [2.24, 2.45) is 0 Å². The van der Waals surface area contributed by atoms with Gasteiger partial charge in [-0.1, -0.05) is 12.1 Å². The first-order chi connectivity index (χ1) is 8.85. The van der Waals surface area contributed by atoms with Crippen molar-refractivity contribution in [2.75, 3.05) is 39.4 Å². The molecule has 1 aromatic carbocycles. The molecule has 2 N–H and O–H groups in total. The van der Waals surface area contributed by atoms with Crippen LogP contribution < -0.4 is 10.1 Å². The van der Waals surface area contributed by atoms with E-state index < -0.39 is 0 Å². The van der Waals surface area contributed by atoms with Crippen LogP contribution in [0.5, 0.6) is 5.75 Å². The number of piperazine rings is 1. The maximum Gasteiger partial charge on any atom is 0.119 e. The van der Waals surface area contributed by atoms with E-state index in [9.17, 15) is 5.11 Å². The smallest absolute Gasteiger partial charge is 0.119 e. The van der Waals surface area contributed by atoms with Crippen molar-refractivity contribution >= 4 is 0 Å². The first kappa shape index (κ1) is 13.3. The van der Waals surface area contributed by atoms with Gasteiger partial charge in [-0.15, -0.1) is 0 Å². The largest absolute Gasteiger partial charge is 0.494 e. The molecule has 100 valence electrons. The fourth-order valence-electron chi connectivity index (χ4n) is 2.38. The van der Waals surface area contributed by atoms with E-state index in [1.54, 1.807) is 0 Å². The maximum atomic E-state index is 9.61. The number of aliphatic hydroxyl groups is 1. The van der Waals surface area contributed by atoms with Crippen LogP contribution in [-0.2, 0) is 0 Å². The minimum absolute atomic E-state index is 0.0998. The predicted molar refractivity (Wildman–Crippen MR) is 71.9 cm³/mol. The highest BCUT2D eigenvalue weighted by molar-refractivity contribution is 5.29. The highest BCUT2D eigenvalue weighted by atomic mass is 16.5. The quantitative estimate of drug-likeness (QED) is 0.819. The van der Waals surface area contributed by atoms with Gasteiger partial charge in [0.25, 0.3) is 0 Å². The van der Waals surface area contributed by atoms with Crippen LogP contribution in [0.2, 0.25) is 0 Å². The van der Waals surface area contributed by atoms with Crippen molar-refractivity contribution < 1.29 is 9.84 Å². The number of nitrogens with zero attached hydrogens (tertiary/aromatic N) is 1. The number of ether oxygens (including phenoxy) is 1. The van der Waals surface area contributed by atoms with Crippen molar-refractivity contribution in [3.8, 4) is 5.75 Å². The minimum atomic E-state index is 0.0998. The lowest BCUT2D eigenvalue weighted by molar-refractivity contribution is 0.111. The lowest BCUT2D eigenvalue weighted by Crippen LogP contribution is -2.46. The summed E-state index contributed by atoms with van der Waals surface area (Å²) < 4.78 is 5.43. The lowest BCUT2D eigenvalue weighted by Gasteiger charge is -2.34. The molecule has 1 aromatic rings. The third-order valence-electron chi connectivity index (χ3n) is 3.34. The summed E-state index contributed by atoms with van der Waals surface area (Å²) in [4.78, 5) is 2.33. The highest BCUT2D eigenvalue weighted by Crippen LogP contribution is 2.23. The number of rotatable bonds is 5. The Kier molecular flexibility index (Phi) is 4.99. The molecule has 18 heavy (non-hydrogen) atoms. The van der Waals surface area contributed by atoms with Gasteiger partial charge in [-0.2, -0.15) is 0 Å². The molecule has 1 aliphatic rings. The van der Waals surface area contributed by atoms with Crippen molar-refractivity contribution in [3.63, 3.8) is 0 Å². The molecular formula is C14H22N2O2. The topological polar surface area (TPSA) is 44.7 Å². The summed E-state index contributed by atoms with van der Waals surface area (Å²) in [7, 11) is 0. The van der Waals surface area contributed by atoms with E-state index in [-0.39, 0.29) is 12.6 Å². The van der Waals surface area contributed by atoms with Gasteiger partial charge >= 0.3 is 0 Å². The van der Waals surface area contributed by atoms with Crippen molar-refractivity contribution in [1.29, 1.82) is 0 Å². The number of hydrogen-bond donors (Lipinski definition) is 2. The molecule has 0 spiro atoms. The van der Waals surface area contributed by atoms with E-state index in [1.165, 1.54) is 0 Å². The molecule has 1 fully saturated rings.